The summed E-state index contributed by atoms with van der Waals surface area (Å²) < 4.78 is 8.69. The topological polar surface area (TPSA) is 33.3 Å². The van der Waals surface area contributed by atoms with E-state index in [9.17, 15) is 0 Å². The van der Waals surface area contributed by atoms with Gasteiger partial charge in [-0.15, -0.1) is 0 Å². The molecule has 1 rings (SSSR count). The van der Waals surface area contributed by atoms with E-state index in [0.29, 0.717) is 6.10 Å². The van der Waals surface area contributed by atoms with Crippen molar-refractivity contribution in [1.82, 2.24) is 8.85 Å². The van der Waals surface area contributed by atoms with Crippen LogP contribution in [-0.2, 0) is 3.07 Å². The van der Waals surface area contributed by atoms with Gasteiger partial charge in [-0.25, -0.2) is 0 Å². The summed E-state index contributed by atoms with van der Waals surface area (Å²) in [4.78, 5) is 0. The average Bonchev–Trinajstić information content (AvgIpc) is 1.91. The molecule has 0 aliphatic carbocycles. The van der Waals surface area contributed by atoms with Crippen LogP contribution in [0.5, 0.6) is 0 Å². The second-order valence-corrected chi connectivity index (χ2v) is 3.73. The summed E-state index contributed by atoms with van der Waals surface area (Å²) in [6, 6.07) is 0. The molecule has 9 heavy (non-hydrogen) atoms. The van der Waals surface area contributed by atoms with Crippen LogP contribution < -0.4 is 30.7 Å². The number of hydrogen-bond acceptors (Lipinski definition) is 3. The van der Waals surface area contributed by atoms with Gasteiger partial charge < -0.3 is 0 Å². The quantitative estimate of drug-likeness (QED) is 0.390. The van der Waals surface area contributed by atoms with Crippen LogP contribution in [0.2, 0.25) is 0 Å². The van der Waals surface area contributed by atoms with Crippen molar-refractivity contribution in [3.63, 3.8) is 0 Å². The molecule has 0 radical (unpaired) electrons. The molecule has 1 saturated heterocycles. The molecule has 0 spiro atoms. The van der Waals surface area contributed by atoms with Gasteiger partial charge in [-0.3, -0.25) is 0 Å². The Hall–Kier alpha value is 0.610. The number of likely N-dealkylation sites (N-methyl/N-ethyl adjacent to an activating group) is 1. The number of rotatable bonds is 2. The average molecular weight is 243 g/mol. The zero-order chi connectivity index (χ0) is 6.53. The van der Waals surface area contributed by atoms with Gasteiger partial charge >= 0.3 is 66.5 Å². The van der Waals surface area contributed by atoms with Crippen molar-refractivity contribution in [2.45, 2.75) is 12.5 Å². The first-order valence-electron chi connectivity index (χ1n) is 3.10. The number of nitrogens with one attached hydrogen (secondary N) is 2. The van der Waals surface area contributed by atoms with E-state index in [4.69, 9.17) is 3.07 Å². The molecule has 0 saturated carbocycles. The molecule has 1 aliphatic rings. The zero-order valence-electron chi connectivity index (χ0n) is 5.48. The van der Waals surface area contributed by atoms with E-state index >= 15 is 0 Å². The third-order valence-electron chi connectivity index (χ3n) is 1.22. The Bertz CT molecular complexity index is 72.6. The van der Waals surface area contributed by atoms with E-state index < -0.39 is 0 Å². The Morgan fingerprint density at radius 3 is 3.33 bits per heavy atom. The fraction of sp³-hybridized carbons (Fsp3) is 1.00. The summed E-state index contributed by atoms with van der Waals surface area (Å²) >= 11 is -0.128. The van der Waals surface area contributed by atoms with Gasteiger partial charge in [0.05, 0.1) is 0 Å². The first-order valence-corrected chi connectivity index (χ1v) is 5.06. The minimum atomic E-state index is -0.128. The van der Waals surface area contributed by atoms with Gasteiger partial charge in [0.15, 0.2) is 0 Å². The van der Waals surface area contributed by atoms with Crippen molar-refractivity contribution in [1.29, 1.82) is 0 Å². The Kier molecular flexibility index (Phi) is 3.80. The maximum atomic E-state index is 5.45. The van der Waals surface area contributed by atoms with Gasteiger partial charge in [0.25, 0.3) is 0 Å². The molecule has 0 bridgehead atoms. The van der Waals surface area contributed by atoms with Crippen molar-refractivity contribution >= 4 is 0 Å². The Morgan fingerprint density at radius 1 is 1.89 bits per heavy atom. The molecule has 1 heterocycles. The van der Waals surface area contributed by atoms with Crippen molar-refractivity contribution in [3.05, 3.63) is 0 Å². The van der Waals surface area contributed by atoms with Crippen molar-refractivity contribution in [2.75, 3.05) is 20.1 Å². The zero-order valence-corrected chi connectivity index (χ0v) is 7.64. The molecule has 2 N–H and O–H groups in total. The molecule has 1 unspecified atom stereocenters. The predicted octanol–water partition coefficient (Wildman–Crippen LogP) is -3.50. The van der Waals surface area contributed by atoms with Crippen molar-refractivity contribution in [2.24, 2.45) is 0 Å². The summed E-state index contributed by atoms with van der Waals surface area (Å²) in [5, 5.41) is 3.10. The summed E-state index contributed by atoms with van der Waals surface area (Å²) in [6.07, 6.45) is 1.63. The third kappa shape index (κ3) is 2.79. The normalized spacial score (nSPS) is 29.2. The fourth-order valence-electron chi connectivity index (χ4n) is 0.754. The Labute approximate surface area is 66.7 Å². The van der Waals surface area contributed by atoms with E-state index in [1.54, 1.807) is 0 Å². The molecule has 0 amide bonds. The van der Waals surface area contributed by atoms with Crippen LogP contribution in [0.25, 0.3) is 0 Å². The molecular formula is C5H12IN2O-. The molecular weight excluding hydrogens is 231 g/mol. The van der Waals surface area contributed by atoms with E-state index in [2.05, 4.69) is 8.85 Å². The molecule has 4 heteroatoms. The van der Waals surface area contributed by atoms with Crippen LogP contribution in [0, 0.1) is 0 Å². The fourth-order valence-corrected chi connectivity index (χ4v) is 2.26. The monoisotopic (exact) mass is 243 g/mol. The second kappa shape index (κ2) is 4.43. The van der Waals surface area contributed by atoms with Crippen LogP contribution in [0.4, 0.5) is 0 Å². The molecule has 0 aromatic heterocycles. The number of hydrogen-bond donors (Lipinski definition) is 2. The van der Waals surface area contributed by atoms with Gasteiger partial charge in [-0.05, 0) is 0 Å². The standard InChI is InChI=1S/C5H12IN2O/c1-7-4-5-2-3-8-6-9-5/h5,7-8H,2-4H2,1H3/q-1. The van der Waals surface area contributed by atoms with Gasteiger partial charge in [-0.1, -0.05) is 0 Å². The molecule has 1 fully saturated rings. The van der Waals surface area contributed by atoms with Crippen LogP contribution in [-0.4, -0.2) is 26.2 Å². The van der Waals surface area contributed by atoms with Crippen molar-refractivity contribution < 1.29 is 25.0 Å². The summed E-state index contributed by atoms with van der Waals surface area (Å²) in [5.74, 6) is 0. The number of halogens is 1. The van der Waals surface area contributed by atoms with E-state index in [1.165, 1.54) is 0 Å². The second-order valence-electron chi connectivity index (χ2n) is 2.02. The Morgan fingerprint density at radius 2 is 2.78 bits per heavy atom. The van der Waals surface area contributed by atoms with Crippen LogP contribution in [0.3, 0.4) is 0 Å². The minimum absolute atomic E-state index is 0.128. The van der Waals surface area contributed by atoms with Crippen molar-refractivity contribution in [3.8, 4) is 0 Å². The van der Waals surface area contributed by atoms with Gasteiger partial charge in [-0.2, -0.15) is 0 Å². The van der Waals surface area contributed by atoms with Gasteiger partial charge in [0.1, 0.15) is 0 Å². The molecule has 1 atom stereocenters. The van der Waals surface area contributed by atoms with E-state index in [0.717, 1.165) is 19.5 Å². The molecule has 3 nitrogen and oxygen atoms in total. The van der Waals surface area contributed by atoms with E-state index in [-0.39, 0.29) is 21.9 Å². The summed E-state index contributed by atoms with van der Waals surface area (Å²) in [5.41, 5.74) is 0. The summed E-state index contributed by atoms with van der Waals surface area (Å²) in [6.45, 7) is 2.14. The van der Waals surface area contributed by atoms with Gasteiger partial charge in [0.2, 0.25) is 0 Å². The molecule has 1 aliphatic heterocycles. The molecule has 0 aromatic rings. The molecule has 56 valence electrons. The third-order valence-corrected chi connectivity index (χ3v) is 3.04. The van der Waals surface area contributed by atoms with Crippen LogP contribution in [0.15, 0.2) is 0 Å². The van der Waals surface area contributed by atoms with Crippen LogP contribution >= 0.6 is 0 Å². The van der Waals surface area contributed by atoms with Gasteiger partial charge in [0, 0.05) is 0 Å². The molecule has 0 aromatic carbocycles. The maximum absolute atomic E-state index is 5.45. The first kappa shape index (κ1) is 7.71. The van der Waals surface area contributed by atoms with Crippen LogP contribution in [0.1, 0.15) is 6.42 Å². The summed E-state index contributed by atoms with van der Waals surface area (Å²) in [7, 11) is 1.96. The predicted molar refractivity (Wildman–Crippen MR) is 31.4 cm³/mol. The first-order chi connectivity index (χ1) is 4.43. The SMILES string of the molecule is CNCC1CCN[I-]O1. The Balaban J connectivity index is 2.08. The van der Waals surface area contributed by atoms with E-state index in [1.807, 2.05) is 7.05 Å².